The molecule has 14 heteroatoms. The van der Waals surface area contributed by atoms with E-state index >= 15 is 0 Å². The van der Waals surface area contributed by atoms with Gasteiger partial charge in [-0.05, 0) is 31.4 Å². The Hall–Kier alpha value is -4.36. The molecule has 9 nitrogen and oxygen atoms in total. The van der Waals surface area contributed by atoms with Crippen molar-refractivity contribution in [3.05, 3.63) is 59.8 Å². The largest absolute Gasteiger partial charge is 0.434 e. The van der Waals surface area contributed by atoms with E-state index in [1.807, 2.05) is 23.1 Å². The maximum atomic E-state index is 13.2. The molecule has 1 aliphatic carbocycles. The minimum atomic E-state index is -4.52. The lowest BCUT2D eigenvalue weighted by atomic mass is 10.1. The fourth-order valence-corrected chi connectivity index (χ4v) is 4.66. The van der Waals surface area contributed by atoms with E-state index in [4.69, 9.17) is 0 Å². The van der Waals surface area contributed by atoms with Gasteiger partial charge in [0.15, 0.2) is 11.5 Å². The molecule has 0 spiro atoms. The standard InChI is InChI=1S/C26H23F5N8O/c1-2-37-13-18(26(29,30)31)34-22(37)17-6-4-15(5-7-17)12-38-10-3-11-39-25(38)35-21(36-39)19-20(16-8-9-16)32-14-33-23(19)40-24(27)28/h3-7,11,13-14,16,24H,2,8-10,12H2,1H3. The number of aromatic nitrogens is 7. The van der Waals surface area contributed by atoms with Gasteiger partial charge in [-0.15, -0.1) is 5.10 Å². The van der Waals surface area contributed by atoms with Gasteiger partial charge in [0.1, 0.15) is 17.7 Å². The van der Waals surface area contributed by atoms with Crippen LogP contribution in [0.4, 0.5) is 27.9 Å². The van der Waals surface area contributed by atoms with Gasteiger partial charge in [-0.2, -0.15) is 26.9 Å². The Morgan fingerprint density at radius 2 is 1.85 bits per heavy atom. The summed E-state index contributed by atoms with van der Waals surface area (Å²) in [7, 11) is 0. The van der Waals surface area contributed by atoms with E-state index in [2.05, 4.69) is 29.8 Å². The Morgan fingerprint density at radius 3 is 2.52 bits per heavy atom. The molecule has 1 saturated carbocycles. The molecular weight excluding hydrogens is 535 g/mol. The van der Waals surface area contributed by atoms with Gasteiger partial charge >= 0.3 is 12.8 Å². The fraction of sp³-hybridized carbons (Fsp3) is 0.346. The van der Waals surface area contributed by atoms with Crippen LogP contribution in [-0.2, 0) is 19.3 Å². The number of halogens is 5. The maximum Gasteiger partial charge on any atom is 0.434 e. The van der Waals surface area contributed by atoms with Crippen molar-refractivity contribution in [2.75, 3.05) is 11.4 Å². The van der Waals surface area contributed by atoms with Gasteiger partial charge < -0.3 is 14.2 Å². The van der Waals surface area contributed by atoms with Crippen LogP contribution in [0, 0.1) is 0 Å². The molecule has 0 radical (unpaired) electrons. The lowest BCUT2D eigenvalue weighted by molar-refractivity contribution is -0.140. The van der Waals surface area contributed by atoms with Gasteiger partial charge in [0.05, 0.1) is 5.69 Å². The molecule has 0 bridgehead atoms. The number of rotatable bonds is 8. The number of aryl methyl sites for hydroxylation is 1. The van der Waals surface area contributed by atoms with E-state index in [1.165, 1.54) is 10.9 Å². The first-order valence-electron chi connectivity index (χ1n) is 12.6. The fourth-order valence-electron chi connectivity index (χ4n) is 4.66. The number of hydrogen-bond donors (Lipinski definition) is 0. The number of nitrogens with zero attached hydrogens (tertiary/aromatic N) is 8. The summed E-state index contributed by atoms with van der Waals surface area (Å²) in [4.78, 5) is 18.6. The number of imidazole rings is 1. The summed E-state index contributed by atoms with van der Waals surface area (Å²) in [6.07, 6.45) is 3.07. The molecule has 1 fully saturated rings. The van der Waals surface area contributed by atoms with Crippen molar-refractivity contribution in [3.8, 4) is 28.7 Å². The van der Waals surface area contributed by atoms with Crippen LogP contribution >= 0.6 is 0 Å². The molecule has 1 aromatic carbocycles. The van der Waals surface area contributed by atoms with Crippen LogP contribution in [0.2, 0.25) is 0 Å². The van der Waals surface area contributed by atoms with E-state index in [9.17, 15) is 22.0 Å². The number of ether oxygens (including phenoxy) is 1. The zero-order chi connectivity index (χ0) is 28.0. The zero-order valence-electron chi connectivity index (χ0n) is 21.2. The molecule has 0 N–H and O–H groups in total. The van der Waals surface area contributed by atoms with Crippen molar-refractivity contribution >= 4 is 12.1 Å². The van der Waals surface area contributed by atoms with Gasteiger partial charge in [-0.1, -0.05) is 24.3 Å². The maximum absolute atomic E-state index is 13.2. The van der Waals surface area contributed by atoms with Gasteiger partial charge in [0.2, 0.25) is 11.8 Å². The Bertz CT molecular complexity index is 1560. The summed E-state index contributed by atoms with van der Waals surface area (Å²) in [6, 6.07) is 7.11. The molecule has 0 amide bonds. The first-order valence-corrected chi connectivity index (χ1v) is 12.6. The number of alkyl halides is 5. The number of anilines is 1. The van der Waals surface area contributed by atoms with Crippen LogP contribution in [0.25, 0.3) is 29.0 Å². The quantitative estimate of drug-likeness (QED) is 0.260. The smallest absolute Gasteiger partial charge is 0.416 e. The van der Waals surface area contributed by atoms with Crippen LogP contribution < -0.4 is 9.64 Å². The van der Waals surface area contributed by atoms with Crippen LogP contribution in [0.3, 0.4) is 0 Å². The predicted molar refractivity (Wildman–Crippen MR) is 134 cm³/mol. The SMILES string of the molecule is CCn1cc(C(F)(F)F)nc1-c1ccc(CN2CC=Cn3nc(-c4c(OC(F)F)ncnc4C4CC4)nc32)cc1. The van der Waals surface area contributed by atoms with Gasteiger partial charge in [-0.25, -0.2) is 19.6 Å². The minimum Gasteiger partial charge on any atom is -0.416 e. The number of hydrogen-bond acceptors (Lipinski definition) is 7. The molecule has 4 heterocycles. The van der Waals surface area contributed by atoms with Gasteiger partial charge in [0.25, 0.3) is 0 Å². The third-order valence-electron chi connectivity index (χ3n) is 6.69. The molecule has 208 valence electrons. The van der Waals surface area contributed by atoms with E-state index in [1.54, 1.807) is 29.9 Å². The minimum absolute atomic E-state index is 0.110. The van der Waals surface area contributed by atoms with Crippen molar-refractivity contribution in [1.29, 1.82) is 0 Å². The van der Waals surface area contributed by atoms with Gasteiger partial charge in [0, 0.05) is 43.5 Å². The van der Waals surface area contributed by atoms with Crippen molar-refractivity contribution < 1.29 is 26.7 Å². The summed E-state index contributed by atoms with van der Waals surface area (Å²) < 4.78 is 73.5. The first-order chi connectivity index (χ1) is 19.2. The zero-order valence-corrected chi connectivity index (χ0v) is 21.2. The monoisotopic (exact) mass is 558 g/mol. The Kier molecular flexibility index (Phi) is 6.47. The topological polar surface area (TPSA) is 86.8 Å². The van der Waals surface area contributed by atoms with Crippen molar-refractivity contribution in [2.24, 2.45) is 0 Å². The van der Waals surface area contributed by atoms with E-state index in [0.717, 1.165) is 24.6 Å². The third kappa shape index (κ3) is 5.00. The molecule has 1 aliphatic heterocycles. The average molecular weight is 559 g/mol. The molecule has 4 aromatic rings. The Morgan fingerprint density at radius 1 is 1.07 bits per heavy atom. The predicted octanol–water partition coefficient (Wildman–Crippen LogP) is 5.61. The summed E-state index contributed by atoms with van der Waals surface area (Å²) in [5.74, 6) is 0.766. The highest BCUT2D eigenvalue weighted by Gasteiger charge is 2.35. The number of benzene rings is 1. The summed E-state index contributed by atoms with van der Waals surface area (Å²) in [5.41, 5.74) is 1.35. The molecular formula is C26H23F5N8O. The molecule has 6 rings (SSSR count). The highest BCUT2D eigenvalue weighted by molar-refractivity contribution is 5.68. The molecule has 40 heavy (non-hydrogen) atoms. The van der Waals surface area contributed by atoms with Crippen LogP contribution in [0.1, 0.15) is 42.6 Å². The highest BCUT2D eigenvalue weighted by atomic mass is 19.4. The molecule has 0 unspecified atom stereocenters. The third-order valence-corrected chi connectivity index (χ3v) is 6.69. The van der Waals surface area contributed by atoms with Gasteiger partial charge in [-0.3, -0.25) is 0 Å². The second kappa shape index (κ2) is 9.99. The summed E-state index contributed by atoms with van der Waals surface area (Å²) in [6.45, 7) is -0.0353. The highest BCUT2D eigenvalue weighted by Crippen LogP contribution is 2.45. The Balaban J connectivity index is 1.27. The molecule has 2 aliphatic rings. The van der Waals surface area contributed by atoms with E-state index in [-0.39, 0.29) is 29.0 Å². The van der Waals surface area contributed by atoms with E-state index < -0.39 is 18.5 Å². The summed E-state index contributed by atoms with van der Waals surface area (Å²) >= 11 is 0. The van der Waals surface area contributed by atoms with Crippen LogP contribution in [0.15, 0.2) is 42.9 Å². The van der Waals surface area contributed by atoms with Crippen molar-refractivity contribution in [3.63, 3.8) is 0 Å². The lowest BCUT2D eigenvalue weighted by Crippen LogP contribution is -2.28. The molecule has 3 aromatic heterocycles. The van der Waals surface area contributed by atoms with Crippen LogP contribution in [-0.4, -0.2) is 47.4 Å². The lowest BCUT2D eigenvalue weighted by Gasteiger charge is -2.24. The van der Waals surface area contributed by atoms with Crippen molar-refractivity contribution in [1.82, 2.24) is 34.3 Å². The normalized spacial score (nSPS) is 15.1. The second-order valence-electron chi connectivity index (χ2n) is 9.47. The van der Waals surface area contributed by atoms with Crippen LogP contribution in [0.5, 0.6) is 5.88 Å². The average Bonchev–Trinajstić information content (AvgIpc) is 3.51. The molecule has 0 atom stereocenters. The van der Waals surface area contributed by atoms with Crippen molar-refractivity contribution in [2.45, 2.75) is 51.6 Å². The van der Waals surface area contributed by atoms with E-state index in [0.29, 0.717) is 36.8 Å². The second-order valence-corrected chi connectivity index (χ2v) is 9.47. The first kappa shape index (κ1) is 25.9. The summed E-state index contributed by atoms with van der Waals surface area (Å²) in [5, 5.41) is 4.52. The number of fused-ring (bicyclic) bond motifs is 1. The molecule has 0 saturated heterocycles. The Labute approximate surface area is 225 Å².